The highest BCUT2D eigenvalue weighted by Gasteiger charge is 2.12. The van der Waals surface area contributed by atoms with Gasteiger partial charge in [0.25, 0.3) is 11.8 Å². The van der Waals surface area contributed by atoms with Gasteiger partial charge in [-0.1, -0.05) is 37.6 Å². The van der Waals surface area contributed by atoms with E-state index in [-0.39, 0.29) is 5.70 Å². The van der Waals surface area contributed by atoms with Crippen LogP contribution in [0.1, 0.15) is 29.8 Å². The topological polar surface area (TPSA) is 81.4 Å². The minimum Gasteiger partial charge on any atom is -0.493 e. The van der Waals surface area contributed by atoms with Crippen LogP contribution < -0.4 is 15.8 Å². The molecule has 0 aromatic heterocycles. The summed E-state index contributed by atoms with van der Waals surface area (Å²) in [5.41, 5.74) is 6.45. The smallest absolute Gasteiger partial charge is 0.265 e. The number of hydrogen-bond donors (Lipinski definition) is 2. The number of nitrogens with one attached hydrogen (secondary N) is 1. The fourth-order valence-electron chi connectivity index (χ4n) is 2.05. The third-order valence-corrected chi connectivity index (χ3v) is 3.65. The van der Waals surface area contributed by atoms with Crippen LogP contribution in [0.25, 0.3) is 6.08 Å². The molecule has 0 aliphatic heterocycles. The van der Waals surface area contributed by atoms with Crippen molar-refractivity contribution in [2.24, 2.45) is 11.7 Å². The SMILES string of the molecule is CC(C)COc1ccc(C(=O)N/C(=C\c2ccc(Cl)cc2)C(N)=O)cc1. The van der Waals surface area contributed by atoms with E-state index < -0.39 is 11.8 Å². The Morgan fingerprint density at radius 3 is 2.27 bits per heavy atom. The summed E-state index contributed by atoms with van der Waals surface area (Å²) in [6.45, 7) is 4.71. The van der Waals surface area contributed by atoms with Gasteiger partial charge in [0.15, 0.2) is 0 Å². The van der Waals surface area contributed by atoms with Crippen molar-refractivity contribution in [2.45, 2.75) is 13.8 Å². The predicted octanol–water partition coefficient (Wildman–Crippen LogP) is 3.63. The van der Waals surface area contributed by atoms with E-state index in [0.717, 1.165) is 0 Å². The zero-order chi connectivity index (χ0) is 19.1. The molecule has 0 saturated heterocycles. The van der Waals surface area contributed by atoms with Gasteiger partial charge in [-0.2, -0.15) is 0 Å². The Morgan fingerprint density at radius 1 is 1.12 bits per heavy atom. The first kappa shape index (κ1) is 19.5. The number of hydrogen-bond acceptors (Lipinski definition) is 3. The van der Waals surface area contributed by atoms with E-state index in [1.54, 1.807) is 48.5 Å². The van der Waals surface area contributed by atoms with Crippen molar-refractivity contribution in [2.75, 3.05) is 6.61 Å². The average Bonchev–Trinajstić information content (AvgIpc) is 2.61. The van der Waals surface area contributed by atoms with Crippen molar-refractivity contribution >= 4 is 29.5 Å². The van der Waals surface area contributed by atoms with Crippen molar-refractivity contribution in [3.63, 3.8) is 0 Å². The van der Waals surface area contributed by atoms with E-state index in [4.69, 9.17) is 22.1 Å². The van der Waals surface area contributed by atoms with Crippen LogP contribution >= 0.6 is 11.6 Å². The van der Waals surface area contributed by atoms with Gasteiger partial charge < -0.3 is 15.8 Å². The molecular weight excluding hydrogens is 352 g/mol. The van der Waals surface area contributed by atoms with Crippen molar-refractivity contribution in [3.8, 4) is 5.75 Å². The lowest BCUT2D eigenvalue weighted by molar-refractivity contribution is -0.114. The Labute approximate surface area is 157 Å². The molecule has 0 spiro atoms. The first-order valence-corrected chi connectivity index (χ1v) is 8.54. The van der Waals surface area contributed by atoms with Crippen LogP contribution in [0.15, 0.2) is 54.2 Å². The summed E-state index contributed by atoms with van der Waals surface area (Å²) in [6.07, 6.45) is 1.50. The molecule has 0 aliphatic carbocycles. The molecule has 0 aliphatic rings. The number of amides is 2. The number of halogens is 1. The molecule has 2 aromatic rings. The Kier molecular flexibility index (Phi) is 6.81. The number of rotatable bonds is 7. The minimum absolute atomic E-state index is 0.00235. The van der Waals surface area contributed by atoms with E-state index in [1.165, 1.54) is 6.08 Å². The molecule has 2 rings (SSSR count). The highest BCUT2D eigenvalue weighted by Crippen LogP contribution is 2.15. The normalized spacial score (nSPS) is 11.3. The Balaban J connectivity index is 2.10. The summed E-state index contributed by atoms with van der Waals surface area (Å²) in [5.74, 6) is -0.0687. The summed E-state index contributed by atoms with van der Waals surface area (Å²) in [4.78, 5) is 24.0. The van der Waals surface area contributed by atoms with Gasteiger partial charge in [0, 0.05) is 10.6 Å². The molecule has 0 heterocycles. The van der Waals surface area contributed by atoms with Gasteiger partial charge in [-0.15, -0.1) is 0 Å². The monoisotopic (exact) mass is 372 g/mol. The summed E-state index contributed by atoms with van der Waals surface area (Å²) >= 11 is 5.84. The summed E-state index contributed by atoms with van der Waals surface area (Å²) < 4.78 is 5.58. The third kappa shape index (κ3) is 5.93. The molecule has 0 unspecified atom stereocenters. The van der Waals surface area contributed by atoms with Crippen LogP contribution in [0.2, 0.25) is 5.02 Å². The second kappa shape index (κ2) is 9.06. The minimum atomic E-state index is -0.731. The summed E-state index contributed by atoms with van der Waals surface area (Å²) in [6, 6.07) is 13.5. The Bertz CT molecular complexity index is 797. The third-order valence-electron chi connectivity index (χ3n) is 3.39. The molecule has 136 valence electrons. The van der Waals surface area contributed by atoms with Gasteiger partial charge in [0.05, 0.1) is 6.61 Å². The van der Waals surface area contributed by atoms with E-state index in [9.17, 15) is 9.59 Å². The van der Waals surface area contributed by atoms with Gasteiger partial charge in [-0.05, 0) is 54.0 Å². The molecule has 0 atom stereocenters. The van der Waals surface area contributed by atoms with Crippen molar-refractivity contribution in [1.29, 1.82) is 0 Å². The van der Waals surface area contributed by atoms with E-state index in [2.05, 4.69) is 19.2 Å². The molecule has 0 saturated carbocycles. The number of nitrogens with two attached hydrogens (primary N) is 1. The lowest BCUT2D eigenvalue weighted by Crippen LogP contribution is -2.31. The molecule has 2 aromatic carbocycles. The highest BCUT2D eigenvalue weighted by atomic mass is 35.5. The molecule has 0 bridgehead atoms. The summed E-state index contributed by atoms with van der Waals surface area (Å²) in [5, 5.41) is 3.11. The van der Waals surface area contributed by atoms with Crippen LogP contribution in [0.5, 0.6) is 5.75 Å². The standard InChI is InChI=1S/C20H21ClN2O3/c1-13(2)12-26-17-9-5-15(6-10-17)20(25)23-18(19(22)24)11-14-3-7-16(21)8-4-14/h3-11,13H,12H2,1-2H3,(H2,22,24)(H,23,25)/b18-11-. The first-order chi connectivity index (χ1) is 12.3. The lowest BCUT2D eigenvalue weighted by atomic mass is 10.1. The summed E-state index contributed by atoms with van der Waals surface area (Å²) in [7, 11) is 0. The predicted molar refractivity (Wildman–Crippen MR) is 103 cm³/mol. The number of primary amides is 1. The fourth-order valence-corrected chi connectivity index (χ4v) is 2.18. The van der Waals surface area contributed by atoms with Gasteiger partial charge in [-0.25, -0.2) is 0 Å². The van der Waals surface area contributed by atoms with Gasteiger partial charge >= 0.3 is 0 Å². The van der Waals surface area contributed by atoms with Crippen LogP contribution in [0, 0.1) is 5.92 Å². The maximum absolute atomic E-state index is 12.4. The van der Waals surface area contributed by atoms with E-state index in [1.807, 2.05) is 0 Å². The van der Waals surface area contributed by atoms with E-state index >= 15 is 0 Å². The molecule has 3 N–H and O–H groups in total. The van der Waals surface area contributed by atoms with Crippen molar-refractivity contribution in [3.05, 3.63) is 70.4 Å². The molecule has 0 radical (unpaired) electrons. The molecule has 2 amide bonds. The fraction of sp³-hybridized carbons (Fsp3) is 0.200. The molecule has 26 heavy (non-hydrogen) atoms. The van der Waals surface area contributed by atoms with Crippen molar-refractivity contribution < 1.29 is 14.3 Å². The largest absolute Gasteiger partial charge is 0.493 e. The number of carbonyl (C=O) groups is 2. The molecular formula is C20H21ClN2O3. The van der Waals surface area contributed by atoms with Crippen LogP contribution in [0.4, 0.5) is 0 Å². The Morgan fingerprint density at radius 2 is 1.73 bits per heavy atom. The zero-order valence-corrected chi connectivity index (χ0v) is 15.4. The van der Waals surface area contributed by atoms with Crippen LogP contribution in [-0.2, 0) is 4.79 Å². The number of ether oxygens (including phenoxy) is 1. The second-order valence-corrected chi connectivity index (χ2v) is 6.59. The maximum atomic E-state index is 12.4. The van der Waals surface area contributed by atoms with Gasteiger partial charge in [0.1, 0.15) is 11.4 Å². The molecule has 6 heteroatoms. The maximum Gasteiger partial charge on any atom is 0.265 e. The quantitative estimate of drug-likeness (QED) is 0.728. The van der Waals surface area contributed by atoms with E-state index in [0.29, 0.717) is 34.4 Å². The average molecular weight is 373 g/mol. The van der Waals surface area contributed by atoms with Gasteiger partial charge in [-0.3, -0.25) is 9.59 Å². The second-order valence-electron chi connectivity index (χ2n) is 6.16. The highest BCUT2D eigenvalue weighted by molar-refractivity contribution is 6.30. The number of carbonyl (C=O) groups excluding carboxylic acids is 2. The molecule has 5 nitrogen and oxygen atoms in total. The van der Waals surface area contributed by atoms with Gasteiger partial charge in [0.2, 0.25) is 0 Å². The zero-order valence-electron chi connectivity index (χ0n) is 14.7. The number of benzene rings is 2. The van der Waals surface area contributed by atoms with Crippen molar-refractivity contribution in [1.82, 2.24) is 5.32 Å². The first-order valence-electron chi connectivity index (χ1n) is 8.16. The van der Waals surface area contributed by atoms with Crippen LogP contribution in [0.3, 0.4) is 0 Å². The molecule has 0 fully saturated rings. The Hall–Kier alpha value is -2.79. The van der Waals surface area contributed by atoms with Crippen LogP contribution in [-0.4, -0.2) is 18.4 Å². The lowest BCUT2D eigenvalue weighted by Gasteiger charge is -2.10.